The van der Waals surface area contributed by atoms with Crippen LogP contribution in [-0.4, -0.2) is 22.1 Å². The number of aromatic nitrogens is 2. The van der Waals surface area contributed by atoms with E-state index in [9.17, 15) is 4.79 Å². The largest absolute Gasteiger partial charge is 0.466 e. The molecule has 2 aromatic carbocycles. The lowest BCUT2D eigenvalue weighted by molar-refractivity contribution is -0.144. The molecule has 0 saturated heterocycles. The lowest BCUT2D eigenvalue weighted by Crippen LogP contribution is -2.12. The van der Waals surface area contributed by atoms with Crippen LogP contribution in [0.1, 0.15) is 31.0 Å². The van der Waals surface area contributed by atoms with Gasteiger partial charge in [-0.2, -0.15) is 0 Å². The number of aryl methyl sites for hydroxylation is 1. The number of benzene rings is 2. The number of halogens is 1. The maximum absolute atomic E-state index is 12.2. The smallest absolute Gasteiger partial charge is 0.313 e. The molecule has 31 heavy (non-hydrogen) atoms. The van der Waals surface area contributed by atoms with Gasteiger partial charge in [0.2, 0.25) is 0 Å². The molecule has 0 aliphatic rings. The van der Waals surface area contributed by atoms with Crippen molar-refractivity contribution in [3.05, 3.63) is 83.3 Å². The van der Waals surface area contributed by atoms with E-state index >= 15 is 0 Å². The SMILES string of the molecule is CCOC(=O)C(C)c1cccc(Sc2cn(-c3ccc(Cl)nc3C)c3ccccc23)c1. The molecule has 0 saturated carbocycles. The summed E-state index contributed by atoms with van der Waals surface area (Å²) >= 11 is 7.74. The monoisotopic (exact) mass is 450 g/mol. The summed E-state index contributed by atoms with van der Waals surface area (Å²) < 4.78 is 7.34. The zero-order chi connectivity index (χ0) is 22.0. The van der Waals surface area contributed by atoms with E-state index in [0.717, 1.165) is 37.6 Å². The van der Waals surface area contributed by atoms with Crippen LogP contribution in [0.2, 0.25) is 5.15 Å². The fraction of sp³-hybridized carbons (Fsp3) is 0.200. The van der Waals surface area contributed by atoms with Crippen molar-refractivity contribution in [1.29, 1.82) is 0 Å². The Kier molecular flexibility index (Phi) is 6.35. The van der Waals surface area contributed by atoms with Gasteiger partial charge in [0, 0.05) is 21.4 Å². The van der Waals surface area contributed by atoms with Crippen molar-refractivity contribution in [2.24, 2.45) is 0 Å². The molecule has 0 aliphatic carbocycles. The van der Waals surface area contributed by atoms with Crippen molar-refractivity contribution in [2.75, 3.05) is 6.61 Å². The number of para-hydroxylation sites is 1. The second kappa shape index (κ2) is 9.16. The lowest BCUT2D eigenvalue weighted by Gasteiger charge is -2.12. The molecule has 158 valence electrons. The van der Waals surface area contributed by atoms with Gasteiger partial charge in [-0.3, -0.25) is 4.79 Å². The normalized spacial score (nSPS) is 12.1. The molecule has 0 spiro atoms. The highest BCUT2D eigenvalue weighted by Gasteiger charge is 2.18. The Morgan fingerprint density at radius 2 is 1.97 bits per heavy atom. The van der Waals surface area contributed by atoms with Gasteiger partial charge in [-0.05, 0) is 56.7 Å². The number of esters is 1. The third kappa shape index (κ3) is 4.48. The van der Waals surface area contributed by atoms with Crippen LogP contribution in [0.15, 0.2) is 76.7 Å². The Labute approximate surface area is 191 Å². The first-order chi connectivity index (χ1) is 15.0. The zero-order valence-corrected chi connectivity index (χ0v) is 19.2. The second-order valence-electron chi connectivity index (χ2n) is 7.27. The quantitative estimate of drug-likeness (QED) is 0.239. The van der Waals surface area contributed by atoms with E-state index in [2.05, 4.69) is 40.0 Å². The molecule has 1 atom stereocenters. The number of pyridine rings is 1. The molecule has 2 heterocycles. The highest BCUT2D eigenvalue weighted by molar-refractivity contribution is 7.99. The van der Waals surface area contributed by atoms with Crippen molar-refractivity contribution in [3.8, 4) is 5.69 Å². The van der Waals surface area contributed by atoms with Gasteiger partial charge in [0.15, 0.2) is 0 Å². The maximum Gasteiger partial charge on any atom is 0.313 e. The van der Waals surface area contributed by atoms with Crippen LogP contribution in [0.3, 0.4) is 0 Å². The lowest BCUT2D eigenvalue weighted by atomic mass is 10.0. The van der Waals surface area contributed by atoms with Gasteiger partial charge >= 0.3 is 5.97 Å². The van der Waals surface area contributed by atoms with E-state index in [1.807, 2.05) is 57.2 Å². The average molecular weight is 451 g/mol. The Hall–Kier alpha value is -2.76. The molecule has 0 bridgehead atoms. The Bertz CT molecular complexity index is 1250. The van der Waals surface area contributed by atoms with Gasteiger partial charge in [-0.15, -0.1) is 0 Å². The second-order valence-corrected chi connectivity index (χ2v) is 8.77. The van der Waals surface area contributed by atoms with Gasteiger partial charge in [-0.1, -0.05) is 53.7 Å². The summed E-state index contributed by atoms with van der Waals surface area (Å²) in [6.45, 7) is 6.05. The first-order valence-electron chi connectivity index (χ1n) is 10.2. The van der Waals surface area contributed by atoms with Crippen molar-refractivity contribution in [2.45, 2.75) is 36.5 Å². The molecular weight excluding hydrogens is 428 g/mol. The molecule has 0 N–H and O–H groups in total. The predicted molar refractivity (Wildman–Crippen MR) is 126 cm³/mol. The molecule has 1 unspecified atom stereocenters. The van der Waals surface area contributed by atoms with E-state index in [1.54, 1.807) is 11.8 Å². The topological polar surface area (TPSA) is 44.1 Å². The minimum atomic E-state index is -0.301. The van der Waals surface area contributed by atoms with Crippen molar-refractivity contribution < 1.29 is 9.53 Å². The number of hydrogen-bond acceptors (Lipinski definition) is 4. The summed E-state index contributed by atoms with van der Waals surface area (Å²) in [5.41, 5.74) is 3.92. The minimum Gasteiger partial charge on any atom is -0.466 e. The predicted octanol–water partition coefficient (Wildman–Crippen LogP) is 6.81. The standard InChI is InChI=1S/C25H23ClN2O2S/c1-4-30-25(29)16(2)18-8-7-9-19(14-18)31-23-15-28(22-11-6-5-10-20(22)23)21-12-13-24(26)27-17(21)3/h5-16H,4H2,1-3H3. The van der Waals surface area contributed by atoms with Crippen LogP contribution in [-0.2, 0) is 9.53 Å². The number of fused-ring (bicyclic) bond motifs is 1. The summed E-state index contributed by atoms with van der Waals surface area (Å²) in [6, 6.07) is 20.2. The molecule has 0 aliphatic heterocycles. The Morgan fingerprint density at radius 3 is 2.74 bits per heavy atom. The van der Waals surface area contributed by atoms with E-state index in [-0.39, 0.29) is 11.9 Å². The molecule has 0 radical (unpaired) electrons. The number of nitrogens with zero attached hydrogens (tertiary/aromatic N) is 2. The third-order valence-corrected chi connectivity index (χ3v) is 6.43. The maximum atomic E-state index is 12.2. The summed E-state index contributed by atoms with van der Waals surface area (Å²) in [4.78, 5) is 18.8. The highest BCUT2D eigenvalue weighted by atomic mass is 35.5. The number of rotatable bonds is 6. The van der Waals surface area contributed by atoms with Gasteiger partial charge < -0.3 is 9.30 Å². The number of carbonyl (C=O) groups is 1. The average Bonchev–Trinajstić information content (AvgIpc) is 3.12. The van der Waals surface area contributed by atoms with Crippen LogP contribution in [0, 0.1) is 6.92 Å². The molecule has 0 fully saturated rings. The van der Waals surface area contributed by atoms with E-state index in [1.165, 1.54) is 0 Å². The Balaban J connectivity index is 1.72. The first-order valence-corrected chi connectivity index (χ1v) is 11.4. The van der Waals surface area contributed by atoms with Gasteiger partial charge in [0.05, 0.1) is 29.4 Å². The highest BCUT2D eigenvalue weighted by Crippen LogP contribution is 2.37. The van der Waals surface area contributed by atoms with Gasteiger partial charge in [0.25, 0.3) is 0 Å². The summed E-state index contributed by atoms with van der Waals surface area (Å²) in [5, 5.41) is 1.64. The summed E-state index contributed by atoms with van der Waals surface area (Å²) in [5.74, 6) is -0.503. The van der Waals surface area contributed by atoms with E-state index in [0.29, 0.717) is 11.8 Å². The molecule has 2 aromatic heterocycles. The fourth-order valence-electron chi connectivity index (χ4n) is 3.58. The first kappa shape index (κ1) is 21.5. The number of carbonyl (C=O) groups excluding carboxylic acids is 1. The van der Waals surface area contributed by atoms with Crippen molar-refractivity contribution >= 4 is 40.2 Å². The molecule has 4 rings (SSSR count). The van der Waals surface area contributed by atoms with Crippen LogP contribution in [0.25, 0.3) is 16.6 Å². The van der Waals surface area contributed by atoms with Crippen molar-refractivity contribution in [1.82, 2.24) is 9.55 Å². The van der Waals surface area contributed by atoms with Crippen LogP contribution >= 0.6 is 23.4 Å². The summed E-state index contributed by atoms with van der Waals surface area (Å²) in [6.07, 6.45) is 2.13. The molecular formula is C25H23ClN2O2S. The molecule has 4 aromatic rings. The van der Waals surface area contributed by atoms with Gasteiger partial charge in [-0.25, -0.2) is 4.98 Å². The zero-order valence-electron chi connectivity index (χ0n) is 17.6. The van der Waals surface area contributed by atoms with Crippen LogP contribution in [0.5, 0.6) is 0 Å². The van der Waals surface area contributed by atoms with Crippen LogP contribution in [0.4, 0.5) is 0 Å². The van der Waals surface area contributed by atoms with E-state index in [4.69, 9.17) is 16.3 Å². The minimum absolute atomic E-state index is 0.202. The fourth-order valence-corrected chi connectivity index (χ4v) is 4.81. The van der Waals surface area contributed by atoms with Crippen LogP contribution < -0.4 is 0 Å². The van der Waals surface area contributed by atoms with Gasteiger partial charge in [0.1, 0.15) is 5.15 Å². The third-order valence-electron chi connectivity index (χ3n) is 5.18. The Morgan fingerprint density at radius 1 is 1.16 bits per heavy atom. The number of hydrogen-bond donors (Lipinski definition) is 0. The molecule has 4 nitrogen and oxygen atoms in total. The molecule has 0 amide bonds. The number of ether oxygens (including phenoxy) is 1. The summed E-state index contributed by atoms with van der Waals surface area (Å²) in [7, 11) is 0. The van der Waals surface area contributed by atoms with E-state index < -0.39 is 0 Å². The molecule has 6 heteroatoms. The van der Waals surface area contributed by atoms with Crippen molar-refractivity contribution in [3.63, 3.8) is 0 Å².